The topological polar surface area (TPSA) is 51.2 Å². The van der Waals surface area contributed by atoms with Crippen LogP contribution < -0.4 is 0 Å². The molecule has 4 heteroatoms. The van der Waals surface area contributed by atoms with Gasteiger partial charge in [0, 0.05) is 18.6 Å². The Morgan fingerprint density at radius 1 is 1.33 bits per heavy atom. The van der Waals surface area contributed by atoms with E-state index in [9.17, 15) is 13.2 Å². The Kier molecular flexibility index (Phi) is 4.32. The molecule has 1 aliphatic carbocycles. The molecule has 0 aromatic heterocycles. The molecular formula is C11H20O3S. The van der Waals surface area contributed by atoms with Crippen LogP contribution in [0.25, 0.3) is 0 Å². The normalized spacial score (nSPS) is 26.8. The molecule has 0 amide bonds. The molecule has 0 aliphatic heterocycles. The minimum Gasteiger partial charge on any atom is -0.299 e. The molecule has 0 bridgehead atoms. The summed E-state index contributed by atoms with van der Waals surface area (Å²) in [5, 5.41) is 0. The van der Waals surface area contributed by atoms with Crippen molar-refractivity contribution in [3.05, 3.63) is 0 Å². The Morgan fingerprint density at radius 2 is 2.00 bits per heavy atom. The van der Waals surface area contributed by atoms with E-state index in [1.54, 1.807) is 0 Å². The van der Waals surface area contributed by atoms with Crippen molar-refractivity contribution in [2.45, 2.75) is 39.0 Å². The monoisotopic (exact) mass is 232 g/mol. The SMILES string of the molecule is CC1CCC(C(=O)CCCS(C)(=O)=O)C1. The molecule has 15 heavy (non-hydrogen) atoms. The van der Waals surface area contributed by atoms with Crippen molar-refractivity contribution < 1.29 is 13.2 Å². The first-order chi connectivity index (χ1) is 6.88. The summed E-state index contributed by atoms with van der Waals surface area (Å²) in [7, 11) is -2.91. The molecule has 0 spiro atoms. The van der Waals surface area contributed by atoms with Crippen LogP contribution in [0.15, 0.2) is 0 Å². The Balaban J connectivity index is 2.25. The van der Waals surface area contributed by atoms with Gasteiger partial charge in [-0.15, -0.1) is 0 Å². The number of Topliss-reactive ketones (excluding diaryl/α,β-unsaturated/α-hetero) is 1. The fourth-order valence-corrected chi connectivity index (χ4v) is 2.88. The fourth-order valence-electron chi connectivity index (χ4n) is 2.21. The summed E-state index contributed by atoms with van der Waals surface area (Å²) in [4.78, 5) is 11.7. The van der Waals surface area contributed by atoms with Gasteiger partial charge in [-0.05, 0) is 31.6 Å². The second-order valence-electron chi connectivity index (χ2n) is 4.81. The highest BCUT2D eigenvalue weighted by molar-refractivity contribution is 7.90. The summed E-state index contributed by atoms with van der Waals surface area (Å²) in [6.07, 6.45) is 5.28. The van der Waals surface area contributed by atoms with Gasteiger partial charge >= 0.3 is 0 Å². The summed E-state index contributed by atoms with van der Waals surface area (Å²) in [5.41, 5.74) is 0. The maximum atomic E-state index is 11.7. The van der Waals surface area contributed by atoms with Crippen LogP contribution >= 0.6 is 0 Å². The number of sulfone groups is 1. The number of hydrogen-bond donors (Lipinski definition) is 0. The number of hydrogen-bond acceptors (Lipinski definition) is 3. The first-order valence-corrected chi connectivity index (χ1v) is 7.65. The molecule has 0 radical (unpaired) electrons. The van der Waals surface area contributed by atoms with E-state index in [0.29, 0.717) is 18.8 Å². The largest absolute Gasteiger partial charge is 0.299 e. The second-order valence-corrected chi connectivity index (χ2v) is 7.07. The fraction of sp³-hybridized carbons (Fsp3) is 0.909. The zero-order valence-electron chi connectivity index (χ0n) is 9.53. The predicted octanol–water partition coefficient (Wildman–Crippen LogP) is 1.82. The van der Waals surface area contributed by atoms with Crippen molar-refractivity contribution in [2.75, 3.05) is 12.0 Å². The van der Waals surface area contributed by atoms with E-state index < -0.39 is 9.84 Å². The van der Waals surface area contributed by atoms with Crippen LogP contribution in [-0.4, -0.2) is 26.2 Å². The summed E-state index contributed by atoms with van der Waals surface area (Å²) in [5.74, 6) is 1.28. The van der Waals surface area contributed by atoms with Gasteiger partial charge in [-0.2, -0.15) is 0 Å². The van der Waals surface area contributed by atoms with Crippen LogP contribution in [0.1, 0.15) is 39.0 Å². The molecule has 0 N–H and O–H groups in total. The van der Waals surface area contributed by atoms with Gasteiger partial charge in [0.1, 0.15) is 15.6 Å². The molecular weight excluding hydrogens is 212 g/mol. The lowest BCUT2D eigenvalue weighted by Gasteiger charge is -2.07. The lowest BCUT2D eigenvalue weighted by molar-refractivity contribution is -0.122. The average Bonchev–Trinajstić information content (AvgIpc) is 2.49. The zero-order chi connectivity index (χ0) is 11.5. The summed E-state index contributed by atoms with van der Waals surface area (Å²) in [6.45, 7) is 2.17. The molecule has 3 nitrogen and oxygen atoms in total. The Hall–Kier alpha value is -0.380. The van der Waals surface area contributed by atoms with Crippen LogP contribution in [-0.2, 0) is 14.6 Å². The lowest BCUT2D eigenvalue weighted by Crippen LogP contribution is -2.13. The van der Waals surface area contributed by atoms with Crippen LogP contribution in [0.3, 0.4) is 0 Å². The molecule has 1 saturated carbocycles. The Morgan fingerprint density at radius 3 is 2.47 bits per heavy atom. The van der Waals surface area contributed by atoms with Gasteiger partial charge in [0.2, 0.25) is 0 Å². The Labute approximate surface area is 92.2 Å². The van der Waals surface area contributed by atoms with E-state index in [1.807, 2.05) is 0 Å². The maximum Gasteiger partial charge on any atom is 0.147 e. The molecule has 1 rings (SSSR count). The van der Waals surface area contributed by atoms with Crippen molar-refractivity contribution in [2.24, 2.45) is 11.8 Å². The Bertz CT molecular complexity index is 319. The van der Waals surface area contributed by atoms with E-state index in [0.717, 1.165) is 19.3 Å². The highest BCUT2D eigenvalue weighted by atomic mass is 32.2. The predicted molar refractivity (Wildman–Crippen MR) is 60.5 cm³/mol. The molecule has 0 saturated heterocycles. The number of carbonyl (C=O) groups excluding carboxylic acids is 1. The number of ketones is 1. The van der Waals surface area contributed by atoms with E-state index in [2.05, 4.69) is 6.92 Å². The van der Waals surface area contributed by atoms with Crippen molar-refractivity contribution in [1.82, 2.24) is 0 Å². The van der Waals surface area contributed by atoms with Crippen LogP contribution in [0.4, 0.5) is 0 Å². The number of rotatable bonds is 5. The van der Waals surface area contributed by atoms with Gasteiger partial charge in [0.05, 0.1) is 5.75 Å². The van der Waals surface area contributed by atoms with Gasteiger partial charge in [-0.3, -0.25) is 4.79 Å². The maximum absolute atomic E-state index is 11.7. The van der Waals surface area contributed by atoms with Gasteiger partial charge in [-0.1, -0.05) is 6.92 Å². The molecule has 2 atom stereocenters. The molecule has 2 unspecified atom stereocenters. The van der Waals surface area contributed by atoms with E-state index in [1.165, 1.54) is 6.26 Å². The molecule has 1 aliphatic rings. The third-order valence-electron chi connectivity index (χ3n) is 3.09. The van der Waals surface area contributed by atoms with Gasteiger partial charge in [0.25, 0.3) is 0 Å². The standard InChI is InChI=1S/C11H20O3S/c1-9-5-6-10(8-9)11(12)4-3-7-15(2,13)14/h9-10H,3-8H2,1-2H3. The van der Waals surface area contributed by atoms with Crippen LogP contribution in [0, 0.1) is 11.8 Å². The van der Waals surface area contributed by atoms with Crippen LogP contribution in [0.2, 0.25) is 0 Å². The van der Waals surface area contributed by atoms with Crippen molar-refractivity contribution in [3.8, 4) is 0 Å². The van der Waals surface area contributed by atoms with Gasteiger partial charge in [-0.25, -0.2) is 8.42 Å². The molecule has 0 aromatic carbocycles. The quantitative estimate of drug-likeness (QED) is 0.726. The van der Waals surface area contributed by atoms with E-state index in [-0.39, 0.29) is 17.5 Å². The van der Waals surface area contributed by atoms with Crippen LogP contribution in [0.5, 0.6) is 0 Å². The average molecular weight is 232 g/mol. The van der Waals surface area contributed by atoms with Crippen molar-refractivity contribution in [3.63, 3.8) is 0 Å². The minimum absolute atomic E-state index is 0.140. The third kappa shape index (κ3) is 4.78. The minimum atomic E-state index is -2.91. The molecule has 1 fully saturated rings. The van der Waals surface area contributed by atoms with E-state index >= 15 is 0 Å². The molecule has 0 aromatic rings. The molecule has 88 valence electrons. The number of carbonyl (C=O) groups is 1. The summed E-state index contributed by atoms with van der Waals surface area (Å²) < 4.78 is 21.7. The smallest absolute Gasteiger partial charge is 0.147 e. The first kappa shape index (κ1) is 12.7. The van der Waals surface area contributed by atoms with Crippen molar-refractivity contribution >= 4 is 15.6 Å². The summed E-state index contributed by atoms with van der Waals surface area (Å²) >= 11 is 0. The van der Waals surface area contributed by atoms with Gasteiger partial charge in [0.15, 0.2) is 0 Å². The highest BCUT2D eigenvalue weighted by Crippen LogP contribution is 2.31. The third-order valence-corrected chi connectivity index (χ3v) is 4.12. The lowest BCUT2D eigenvalue weighted by atomic mass is 9.98. The zero-order valence-corrected chi connectivity index (χ0v) is 10.3. The van der Waals surface area contributed by atoms with Gasteiger partial charge < -0.3 is 0 Å². The first-order valence-electron chi connectivity index (χ1n) is 5.59. The van der Waals surface area contributed by atoms with E-state index in [4.69, 9.17) is 0 Å². The highest BCUT2D eigenvalue weighted by Gasteiger charge is 2.26. The molecule has 0 heterocycles. The van der Waals surface area contributed by atoms with Crippen molar-refractivity contribution in [1.29, 1.82) is 0 Å². The second kappa shape index (κ2) is 5.10. The summed E-state index contributed by atoms with van der Waals surface area (Å²) in [6, 6.07) is 0.